The Morgan fingerprint density at radius 3 is 2.17 bits per heavy atom. The number of nitrogens with zero attached hydrogens (tertiary/aromatic N) is 1. The van der Waals surface area contributed by atoms with Crippen molar-refractivity contribution in [3.8, 4) is 0 Å². The lowest BCUT2D eigenvalue weighted by molar-refractivity contribution is 0.0519. The molecule has 0 aliphatic rings. The average Bonchev–Trinajstić information content (AvgIpc) is 2.31. The van der Waals surface area contributed by atoms with Gasteiger partial charge in [0.2, 0.25) is 0 Å². The maximum atomic E-state index is 6.06. The quantitative estimate of drug-likeness (QED) is 0.655. The second kappa shape index (κ2) is 8.89. The number of rotatable bonds is 10. The third-order valence-corrected chi connectivity index (χ3v) is 3.61. The third-order valence-electron chi connectivity index (χ3n) is 3.61. The van der Waals surface area contributed by atoms with Crippen molar-refractivity contribution in [1.29, 1.82) is 0 Å². The number of ether oxygens (including phenoxy) is 1. The van der Waals surface area contributed by atoms with Crippen LogP contribution in [0.25, 0.3) is 0 Å². The lowest BCUT2D eigenvalue weighted by atomic mass is 9.89. The van der Waals surface area contributed by atoms with Gasteiger partial charge in [-0.25, -0.2) is 0 Å². The Balaban J connectivity index is 4.63. The minimum absolute atomic E-state index is 0.104. The monoisotopic (exact) mass is 258 g/mol. The van der Waals surface area contributed by atoms with Crippen molar-refractivity contribution in [2.75, 3.05) is 33.4 Å². The molecule has 0 saturated heterocycles. The van der Waals surface area contributed by atoms with Gasteiger partial charge >= 0.3 is 0 Å². The van der Waals surface area contributed by atoms with Crippen LogP contribution in [0, 0.1) is 11.8 Å². The van der Waals surface area contributed by atoms with Crippen LogP contribution in [0.4, 0.5) is 0 Å². The molecule has 1 unspecified atom stereocenters. The minimum Gasteiger partial charge on any atom is -0.383 e. The summed E-state index contributed by atoms with van der Waals surface area (Å²) in [5.74, 6) is 1.39. The Morgan fingerprint density at radius 1 is 1.17 bits per heavy atom. The molecule has 1 atom stereocenters. The van der Waals surface area contributed by atoms with Crippen LogP contribution in [0.5, 0.6) is 0 Å². The molecule has 0 bridgehead atoms. The summed E-state index contributed by atoms with van der Waals surface area (Å²) in [5.41, 5.74) is 6.16. The number of methoxy groups -OCH3 is 1. The molecule has 0 fully saturated rings. The summed E-state index contributed by atoms with van der Waals surface area (Å²) >= 11 is 0. The van der Waals surface area contributed by atoms with E-state index in [-0.39, 0.29) is 5.54 Å². The molecular formula is C15H34N2O. The molecule has 18 heavy (non-hydrogen) atoms. The Kier molecular flexibility index (Phi) is 8.83. The highest BCUT2D eigenvalue weighted by molar-refractivity contribution is 4.88. The van der Waals surface area contributed by atoms with E-state index in [1.165, 1.54) is 6.42 Å². The summed E-state index contributed by atoms with van der Waals surface area (Å²) < 4.78 is 5.24. The number of nitrogens with two attached hydrogens (primary N) is 1. The smallest absolute Gasteiger partial charge is 0.0589 e. The van der Waals surface area contributed by atoms with Crippen LogP contribution in [0.2, 0.25) is 0 Å². The molecule has 3 heteroatoms. The summed E-state index contributed by atoms with van der Waals surface area (Å²) in [7, 11) is 1.77. The predicted molar refractivity (Wildman–Crippen MR) is 79.8 cm³/mol. The van der Waals surface area contributed by atoms with Gasteiger partial charge in [-0.15, -0.1) is 0 Å². The molecule has 0 aromatic rings. The van der Waals surface area contributed by atoms with E-state index in [1.807, 2.05) is 0 Å². The predicted octanol–water partition coefficient (Wildman–Crippen LogP) is 2.74. The largest absolute Gasteiger partial charge is 0.383 e. The Bertz CT molecular complexity index is 207. The van der Waals surface area contributed by atoms with Gasteiger partial charge in [-0.1, -0.05) is 27.7 Å². The van der Waals surface area contributed by atoms with Crippen LogP contribution in [0.1, 0.15) is 47.5 Å². The molecule has 0 aliphatic heterocycles. The van der Waals surface area contributed by atoms with Gasteiger partial charge in [0, 0.05) is 32.3 Å². The van der Waals surface area contributed by atoms with Crippen LogP contribution < -0.4 is 5.73 Å². The van der Waals surface area contributed by atoms with Crippen molar-refractivity contribution in [2.24, 2.45) is 17.6 Å². The highest BCUT2D eigenvalue weighted by Gasteiger charge is 2.30. The molecule has 0 spiro atoms. The molecule has 0 heterocycles. The third kappa shape index (κ3) is 6.72. The van der Waals surface area contributed by atoms with E-state index in [9.17, 15) is 0 Å². The molecule has 0 saturated carbocycles. The second-order valence-electron chi connectivity index (χ2n) is 6.47. The van der Waals surface area contributed by atoms with Crippen molar-refractivity contribution in [1.82, 2.24) is 4.90 Å². The van der Waals surface area contributed by atoms with Crippen LogP contribution in [0.15, 0.2) is 0 Å². The molecule has 110 valence electrons. The fourth-order valence-corrected chi connectivity index (χ4v) is 2.21. The van der Waals surface area contributed by atoms with E-state index in [1.54, 1.807) is 7.11 Å². The zero-order valence-corrected chi connectivity index (χ0v) is 13.3. The molecule has 0 radical (unpaired) electrons. The summed E-state index contributed by atoms with van der Waals surface area (Å²) in [6, 6.07) is 0. The van der Waals surface area contributed by atoms with Gasteiger partial charge in [-0.05, 0) is 31.6 Å². The Hall–Kier alpha value is -0.120. The molecule has 3 nitrogen and oxygen atoms in total. The SMILES string of the molecule is COCCN(CC(C)C)C(C)(CN)CCC(C)C. The molecule has 0 aromatic carbocycles. The highest BCUT2D eigenvalue weighted by atomic mass is 16.5. The summed E-state index contributed by atoms with van der Waals surface area (Å²) in [4.78, 5) is 2.52. The van der Waals surface area contributed by atoms with E-state index in [0.717, 1.165) is 38.6 Å². The molecule has 0 amide bonds. The summed E-state index contributed by atoms with van der Waals surface area (Å²) in [5, 5.41) is 0. The fraction of sp³-hybridized carbons (Fsp3) is 1.00. The molecular weight excluding hydrogens is 224 g/mol. The number of hydrogen-bond donors (Lipinski definition) is 1. The summed E-state index contributed by atoms with van der Waals surface area (Å²) in [6.45, 7) is 14.9. The molecule has 2 N–H and O–H groups in total. The zero-order chi connectivity index (χ0) is 14.2. The van der Waals surface area contributed by atoms with Gasteiger partial charge in [0.15, 0.2) is 0 Å². The summed E-state index contributed by atoms with van der Waals surface area (Å²) in [6.07, 6.45) is 2.40. The van der Waals surface area contributed by atoms with Gasteiger partial charge < -0.3 is 10.5 Å². The lowest BCUT2D eigenvalue weighted by Crippen LogP contribution is -2.54. The van der Waals surface area contributed by atoms with Crippen LogP contribution in [0.3, 0.4) is 0 Å². The highest BCUT2D eigenvalue weighted by Crippen LogP contribution is 2.23. The van der Waals surface area contributed by atoms with Crippen molar-refractivity contribution < 1.29 is 4.74 Å². The Labute approximate surface area is 114 Å². The lowest BCUT2D eigenvalue weighted by Gasteiger charge is -2.42. The van der Waals surface area contributed by atoms with Crippen LogP contribution in [-0.4, -0.2) is 43.8 Å². The Morgan fingerprint density at radius 2 is 1.78 bits per heavy atom. The first-order valence-corrected chi connectivity index (χ1v) is 7.29. The van der Waals surface area contributed by atoms with Gasteiger partial charge in [0.05, 0.1) is 6.61 Å². The molecule has 0 rings (SSSR count). The van der Waals surface area contributed by atoms with Gasteiger partial charge in [0.25, 0.3) is 0 Å². The maximum absolute atomic E-state index is 6.06. The van der Waals surface area contributed by atoms with E-state index >= 15 is 0 Å². The first-order valence-electron chi connectivity index (χ1n) is 7.29. The van der Waals surface area contributed by atoms with E-state index in [0.29, 0.717) is 5.92 Å². The van der Waals surface area contributed by atoms with E-state index < -0.39 is 0 Å². The van der Waals surface area contributed by atoms with Gasteiger partial charge in [0.1, 0.15) is 0 Å². The normalized spacial score (nSPS) is 15.7. The van der Waals surface area contributed by atoms with E-state index in [2.05, 4.69) is 39.5 Å². The van der Waals surface area contributed by atoms with Crippen LogP contribution >= 0.6 is 0 Å². The standard InChI is InChI=1S/C15H34N2O/c1-13(2)7-8-15(5,12-16)17(9-10-18-6)11-14(3)4/h13-14H,7-12,16H2,1-6H3. The maximum Gasteiger partial charge on any atom is 0.0589 e. The first-order chi connectivity index (χ1) is 8.35. The van der Waals surface area contributed by atoms with Crippen molar-refractivity contribution in [3.63, 3.8) is 0 Å². The fourth-order valence-electron chi connectivity index (χ4n) is 2.21. The topological polar surface area (TPSA) is 38.5 Å². The molecule has 0 aromatic heterocycles. The zero-order valence-electron chi connectivity index (χ0n) is 13.3. The van der Waals surface area contributed by atoms with Gasteiger partial charge in [-0.3, -0.25) is 4.90 Å². The average molecular weight is 258 g/mol. The van der Waals surface area contributed by atoms with E-state index in [4.69, 9.17) is 10.5 Å². The van der Waals surface area contributed by atoms with Gasteiger partial charge in [-0.2, -0.15) is 0 Å². The van der Waals surface area contributed by atoms with Crippen molar-refractivity contribution >= 4 is 0 Å². The van der Waals surface area contributed by atoms with Crippen LogP contribution in [-0.2, 0) is 4.74 Å². The van der Waals surface area contributed by atoms with Crippen molar-refractivity contribution in [3.05, 3.63) is 0 Å². The molecule has 0 aliphatic carbocycles. The first kappa shape index (κ1) is 17.9. The van der Waals surface area contributed by atoms with Crippen molar-refractivity contribution in [2.45, 2.75) is 53.0 Å². The number of hydrogen-bond acceptors (Lipinski definition) is 3. The minimum atomic E-state index is 0.104. The second-order valence-corrected chi connectivity index (χ2v) is 6.47.